The van der Waals surface area contributed by atoms with Gasteiger partial charge in [0.1, 0.15) is 6.10 Å². The molecule has 3 unspecified atom stereocenters. The van der Waals surface area contributed by atoms with Crippen LogP contribution in [0, 0.1) is 5.92 Å². The van der Waals surface area contributed by atoms with E-state index in [1.54, 1.807) is 12.4 Å². The zero-order chi connectivity index (χ0) is 11.5. The normalized spacial score (nSPS) is 26.6. The summed E-state index contributed by atoms with van der Waals surface area (Å²) in [6.07, 6.45) is 4.15. The first-order chi connectivity index (χ1) is 7.68. The first-order valence-electron chi connectivity index (χ1n) is 5.59. The highest BCUT2D eigenvalue weighted by Gasteiger charge is 2.31. The molecule has 1 fully saturated rings. The van der Waals surface area contributed by atoms with Crippen molar-refractivity contribution in [1.29, 1.82) is 0 Å². The number of H-pyrrole nitrogens is 1. The van der Waals surface area contributed by atoms with Gasteiger partial charge in [0.15, 0.2) is 0 Å². The van der Waals surface area contributed by atoms with Crippen LogP contribution in [0.3, 0.4) is 0 Å². The summed E-state index contributed by atoms with van der Waals surface area (Å²) in [5.41, 5.74) is 0.971. The maximum atomic E-state index is 11.9. The molecule has 0 spiro atoms. The van der Waals surface area contributed by atoms with Crippen LogP contribution in [0.15, 0.2) is 12.4 Å². The van der Waals surface area contributed by atoms with Crippen molar-refractivity contribution in [1.82, 2.24) is 15.5 Å². The molecule has 88 valence electrons. The molecule has 1 saturated heterocycles. The molecule has 0 radical (unpaired) electrons. The van der Waals surface area contributed by atoms with E-state index in [0.717, 1.165) is 12.0 Å². The van der Waals surface area contributed by atoms with Gasteiger partial charge in [0.25, 0.3) is 0 Å². The number of carbonyl (C=O) groups is 1. The molecular formula is C11H17N3O2. The lowest BCUT2D eigenvalue weighted by Gasteiger charge is -2.18. The van der Waals surface area contributed by atoms with Crippen molar-refractivity contribution >= 4 is 5.91 Å². The second-order valence-electron chi connectivity index (χ2n) is 4.32. The summed E-state index contributed by atoms with van der Waals surface area (Å²) in [5.74, 6) is 0.273. The quantitative estimate of drug-likeness (QED) is 0.803. The fourth-order valence-electron chi connectivity index (χ4n) is 1.91. The van der Waals surface area contributed by atoms with Crippen LogP contribution in [0.5, 0.6) is 0 Å². The smallest absolute Gasteiger partial charge is 0.249 e. The lowest BCUT2D eigenvalue weighted by Crippen LogP contribution is -2.38. The van der Waals surface area contributed by atoms with Crippen molar-refractivity contribution in [2.45, 2.75) is 32.4 Å². The van der Waals surface area contributed by atoms with Crippen LogP contribution in [0.25, 0.3) is 0 Å². The third-order valence-corrected chi connectivity index (χ3v) is 3.02. The van der Waals surface area contributed by atoms with E-state index < -0.39 is 0 Å². The predicted molar refractivity (Wildman–Crippen MR) is 58.7 cm³/mol. The van der Waals surface area contributed by atoms with Gasteiger partial charge in [0.2, 0.25) is 5.91 Å². The van der Waals surface area contributed by atoms with Gasteiger partial charge in [-0.25, -0.2) is 0 Å². The summed E-state index contributed by atoms with van der Waals surface area (Å²) in [6.45, 7) is 4.65. The number of rotatable bonds is 3. The Bertz CT molecular complexity index is 350. The molecule has 1 amide bonds. The monoisotopic (exact) mass is 223 g/mol. The van der Waals surface area contributed by atoms with Gasteiger partial charge in [0, 0.05) is 18.4 Å². The van der Waals surface area contributed by atoms with Gasteiger partial charge in [-0.15, -0.1) is 0 Å². The maximum absolute atomic E-state index is 11.9. The number of amides is 1. The second kappa shape index (κ2) is 4.65. The number of nitrogens with zero attached hydrogens (tertiary/aromatic N) is 1. The molecule has 2 heterocycles. The van der Waals surface area contributed by atoms with E-state index in [0.29, 0.717) is 12.5 Å². The van der Waals surface area contributed by atoms with Crippen molar-refractivity contribution in [3.63, 3.8) is 0 Å². The summed E-state index contributed by atoms with van der Waals surface area (Å²) in [4.78, 5) is 11.9. The number of hydrogen-bond donors (Lipinski definition) is 2. The topological polar surface area (TPSA) is 67.0 Å². The van der Waals surface area contributed by atoms with Crippen molar-refractivity contribution in [3.05, 3.63) is 18.0 Å². The standard InChI is InChI=1S/C11H17N3O2/c1-7-3-4-16-10(7)11(15)14-8(2)9-5-12-13-6-9/h5-8,10H,3-4H2,1-2H3,(H,12,13)(H,14,15). The van der Waals surface area contributed by atoms with Crippen LogP contribution >= 0.6 is 0 Å². The van der Waals surface area contributed by atoms with Crippen LogP contribution in [-0.2, 0) is 9.53 Å². The molecule has 1 aliphatic heterocycles. The molecule has 5 nitrogen and oxygen atoms in total. The molecule has 1 aromatic heterocycles. The highest BCUT2D eigenvalue weighted by atomic mass is 16.5. The summed E-state index contributed by atoms with van der Waals surface area (Å²) in [7, 11) is 0. The van der Waals surface area contributed by atoms with Gasteiger partial charge in [-0.2, -0.15) is 5.10 Å². The van der Waals surface area contributed by atoms with Crippen LogP contribution in [0.4, 0.5) is 0 Å². The van der Waals surface area contributed by atoms with Crippen molar-refractivity contribution in [2.24, 2.45) is 5.92 Å². The van der Waals surface area contributed by atoms with E-state index in [1.807, 2.05) is 13.8 Å². The highest BCUT2D eigenvalue weighted by Crippen LogP contribution is 2.21. The van der Waals surface area contributed by atoms with E-state index in [2.05, 4.69) is 15.5 Å². The molecule has 3 atom stereocenters. The third-order valence-electron chi connectivity index (χ3n) is 3.02. The molecule has 2 rings (SSSR count). The Morgan fingerprint density at radius 1 is 1.75 bits per heavy atom. The van der Waals surface area contributed by atoms with E-state index >= 15 is 0 Å². The van der Waals surface area contributed by atoms with E-state index in [9.17, 15) is 4.79 Å². The minimum Gasteiger partial charge on any atom is -0.368 e. The van der Waals surface area contributed by atoms with Gasteiger partial charge < -0.3 is 10.1 Å². The average molecular weight is 223 g/mol. The second-order valence-corrected chi connectivity index (χ2v) is 4.32. The van der Waals surface area contributed by atoms with Crippen molar-refractivity contribution in [2.75, 3.05) is 6.61 Å². The predicted octanol–water partition coefficient (Wildman–Crippen LogP) is 1.01. The fourth-order valence-corrected chi connectivity index (χ4v) is 1.91. The molecule has 0 aromatic carbocycles. The lowest BCUT2D eigenvalue weighted by atomic mass is 10.0. The van der Waals surface area contributed by atoms with Gasteiger partial charge >= 0.3 is 0 Å². The first-order valence-corrected chi connectivity index (χ1v) is 5.59. The number of aromatic amines is 1. The Kier molecular flexibility index (Phi) is 3.24. The van der Waals surface area contributed by atoms with E-state index in [4.69, 9.17) is 4.74 Å². The summed E-state index contributed by atoms with van der Waals surface area (Å²) >= 11 is 0. The number of carbonyl (C=O) groups excluding carboxylic acids is 1. The summed E-state index contributed by atoms with van der Waals surface area (Å²) in [6, 6.07) is -0.0392. The maximum Gasteiger partial charge on any atom is 0.249 e. The van der Waals surface area contributed by atoms with Gasteiger partial charge in [0.05, 0.1) is 12.2 Å². The van der Waals surface area contributed by atoms with Gasteiger partial charge in [-0.3, -0.25) is 9.89 Å². The number of nitrogens with one attached hydrogen (secondary N) is 2. The van der Waals surface area contributed by atoms with Crippen LogP contribution in [0.1, 0.15) is 31.9 Å². The van der Waals surface area contributed by atoms with Crippen molar-refractivity contribution in [3.8, 4) is 0 Å². The Hall–Kier alpha value is -1.36. The first kappa shape index (κ1) is 11.1. The highest BCUT2D eigenvalue weighted by molar-refractivity contribution is 5.81. The molecular weight excluding hydrogens is 206 g/mol. The van der Waals surface area contributed by atoms with Gasteiger partial charge in [-0.05, 0) is 19.3 Å². The van der Waals surface area contributed by atoms with Crippen LogP contribution < -0.4 is 5.32 Å². The van der Waals surface area contributed by atoms with Crippen LogP contribution in [-0.4, -0.2) is 28.8 Å². The number of aromatic nitrogens is 2. The minimum absolute atomic E-state index is 0.0290. The zero-order valence-corrected chi connectivity index (χ0v) is 9.56. The number of hydrogen-bond acceptors (Lipinski definition) is 3. The Balaban J connectivity index is 1.92. The van der Waals surface area contributed by atoms with E-state index in [-0.39, 0.29) is 18.1 Å². The lowest BCUT2D eigenvalue weighted by molar-refractivity contribution is -0.132. The molecule has 1 aromatic rings. The summed E-state index contributed by atoms with van der Waals surface area (Å²) in [5, 5.41) is 9.52. The molecule has 1 aliphatic rings. The van der Waals surface area contributed by atoms with Crippen molar-refractivity contribution < 1.29 is 9.53 Å². The average Bonchev–Trinajstić information content (AvgIpc) is 2.86. The number of ether oxygens (including phenoxy) is 1. The third kappa shape index (κ3) is 2.24. The molecule has 0 bridgehead atoms. The minimum atomic E-state index is -0.297. The molecule has 0 saturated carbocycles. The fraction of sp³-hybridized carbons (Fsp3) is 0.636. The Morgan fingerprint density at radius 3 is 3.12 bits per heavy atom. The van der Waals surface area contributed by atoms with Gasteiger partial charge in [-0.1, -0.05) is 6.92 Å². The SMILES string of the molecule is CC(NC(=O)C1OCCC1C)c1cn[nH]c1. The molecule has 2 N–H and O–H groups in total. The molecule has 0 aliphatic carbocycles. The van der Waals surface area contributed by atoms with E-state index in [1.165, 1.54) is 0 Å². The summed E-state index contributed by atoms with van der Waals surface area (Å²) < 4.78 is 5.41. The van der Waals surface area contributed by atoms with Crippen LogP contribution in [0.2, 0.25) is 0 Å². The Morgan fingerprint density at radius 2 is 2.56 bits per heavy atom. The molecule has 5 heteroatoms. The Labute approximate surface area is 94.6 Å². The zero-order valence-electron chi connectivity index (χ0n) is 9.56. The molecule has 16 heavy (non-hydrogen) atoms. The largest absolute Gasteiger partial charge is 0.368 e.